The summed E-state index contributed by atoms with van der Waals surface area (Å²) in [6.45, 7) is 2.31. The number of pyridine rings is 1. The van der Waals surface area contributed by atoms with E-state index >= 15 is 0 Å². The Morgan fingerprint density at radius 2 is 2.03 bits per heavy atom. The summed E-state index contributed by atoms with van der Waals surface area (Å²) in [6.07, 6.45) is 6.19. The molecule has 0 spiro atoms. The van der Waals surface area contributed by atoms with E-state index in [9.17, 15) is 9.18 Å². The molecule has 1 saturated heterocycles. The first-order valence-corrected chi connectivity index (χ1v) is 9.57. The highest BCUT2D eigenvalue weighted by Gasteiger charge is 2.35. The third-order valence-corrected chi connectivity index (χ3v) is 5.20. The number of carbonyl (C=O) groups excluding carboxylic acids is 1. The Balaban J connectivity index is 1.62. The second kappa shape index (κ2) is 7.25. The summed E-state index contributed by atoms with van der Waals surface area (Å²) < 4.78 is 19.2. The lowest BCUT2D eigenvalue weighted by Gasteiger charge is -2.23. The highest BCUT2D eigenvalue weighted by molar-refractivity contribution is 6.07. The van der Waals surface area contributed by atoms with Gasteiger partial charge >= 0.3 is 0 Å². The van der Waals surface area contributed by atoms with Crippen molar-refractivity contribution in [3.8, 4) is 11.3 Å². The van der Waals surface area contributed by atoms with Gasteiger partial charge in [-0.15, -0.1) is 0 Å². The molecule has 8 nitrogen and oxygen atoms in total. The van der Waals surface area contributed by atoms with Crippen molar-refractivity contribution in [1.29, 1.82) is 0 Å². The number of amides is 1. The second-order valence-corrected chi connectivity index (χ2v) is 7.18. The number of benzene rings is 1. The molecule has 0 aliphatic carbocycles. The largest absolute Gasteiger partial charge is 0.337 e. The minimum Gasteiger partial charge on any atom is -0.337 e. The van der Waals surface area contributed by atoms with Crippen LogP contribution in [0.25, 0.3) is 22.2 Å². The fourth-order valence-electron chi connectivity index (χ4n) is 3.83. The van der Waals surface area contributed by atoms with Gasteiger partial charge in [-0.25, -0.2) is 19.3 Å². The Morgan fingerprint density at radius 3 is 2.80 bits per heavy atom. The number of hydrogen-bond acceptors (Lipinski definition) is 7. The highest BCUT2D eigenvalue weighted by atomic mass is 19.1. The van der Waals surface area contributed by atoms with E-state index < -0.39 is 5.82 Å². The number of aryl methyl sites for hydroxylation is 1. The Labute approximate surface area is 170 Å². The Kier molecular flexibility index (Phi) is 4.42. The van der Waals surface area contributed by atoms with Crippen LogP contribution in [0.1, 0.15) is 41.0 Å². The van der Waals surface area contributed by atoms with Gasteiger partial charge in [-0.3, -0.25) is 4.79 Å². The molecule has 150 valence electrons. The molecule has 9 heteroatoms. The molecule has 1 amide bonds. The zero-order valence-corrected chi connectivity index (χ0v) is 16.1. The molecule has 0 bridgehead atoms. The third-order valence-electron chi connectivity index (χ3n) is 5.20. The summed E-state index contributed by atoms with van der Waals surface area (Å²) in [4.78, 5) is 32.2. The van der Waals surface area contributed by atoms with Crippen molar-refractivity contribution in [2.75, 3.05) is 6.54 Å². The van der Waals surface area contributed by atoms with E-state index in [1.165, 1.54) is 18.5 Å². The molecule has 1 aromatic carbocycles. The van der Waals surface area contributed by atoms with Gasteiger partial charge in [-0.1, -0.05) is 5.16 Å². The molecule has 5 rings (SSSR count). The Hall–Kier alpha value is -3.75. The van der Waals surface area contributed by atoms with Gasteiger partial charge in [0.05, 0.1) is 16.8 Å². The van der Waals surface area contributed by atoms with Crippen LogP contribution in [0.3, 0.4) is 0 Å². The summed E-state index contributed by atoms with van der Waals surface area (Å²) in [5.74, 6) is 0.348. The third kappa shape index (κ3) is 3.18. The number of aromatic nitrogens is 5. The fraction of sp³-hybridized carbons (Fsp3) is 0.238. The van der Waals surface area contributed by atoms with Gasteiger partial charge in [0.2, 0.25) is 5.89 Å². The predicted molar refractivity (Wildman–Crippen MR) is 105 cm³/mol. The standard InChI is InChI=1S/C21H17FN6O2/c1-12-25-20(30-27-12)19-3-2-6-28(19)21(29)16-8-17(13-9-23-11-24-10-13)26-18-7-14(22)4-5-15(16)18/h4-5,7-11,19H,2-3,6H2,1H3. The van der Waals surface area contributed by atoms with Crippen LogP contribution in [0.2, 0.25) is 0 Å². The zero-order chi connectivity index (χ0) is 20.7. The van der Waals surface area contributed by atoms with E-state index in [1.807, 2.05) is 0 Å². The number of nitrogens with zero attached hydrogens (tertiary/aromatic N) is 6. The van der Waals surface area contributed by atoms with Gasteiger partial charge in [0, 0.05) is 36.0 Å². The quantitative estimate of drug-likeness (QED) is 0.515. The molecule has 1 fully saturated rings. The van der Waals surface area contributed by atoms with Crippen molar-refractivity contribution in [1.82, 2.24) is 30.0 Å². The number of fused-ring (bicyclic) bond motifs is 1. The molecule has 0 N–H and O–H groups in total. The number of hydrogen-bond donors (Lipinski definition) is 0. The van der Waals surface area contributed by atoms with Crippen molar-refractivity contribution in [3.05, 3.63) is 66.1 Å². The van der Waals surface area contributed by atoms with Crippen LogP contribution < -0.4 is 0 Å². The van der Waals surface area contributed by atoms with Gasteiger partial charge in [-0.05, 0) is 38.0 Å². The van der Waals surface area contributed by atoms with Gasteiger partial charge in [0.25, 0.3) is 5.91 Å². The summed E-state index contributed by atoms with van der Waals surface area (Å²) >= 11 is 0. The number of likely N-dealkylation sites (tertiary alicyclic amines) is 1. The number of carbonyl (C=O) groups is 1. The molecule has 1 atom stereocenters. The first-order valence-electron chi connectivity index (χ1n) is 9.57. The first kappa shape index (κ1) is 18.3. The van der Waals surface area contributed by atoms with Crippen LogP contribution in [0.5, 0.6) is 0 Å². The van der Waals surface area contributed by atoms with Crippen LogP contribution in [0, 0.1) is 12.7 Å². The Morgan fingerprint density at radius 1 is 1.20 bits per heavy atom. The van der Waals surface area contributed by atoms with E-state index in [2.05, 4.69) is 25.1 Å². The molecule has 3 aromatic heterocycles. The average Bonchev–Trinajstić information content (AvgIpc) is 3.41. The zero-order valence-electron chi connectivity index (χ0n) is 16.1. The van der Waals surface area contributed by atoms with Crippen LogP contribution in [0.15, 0.2) is 47.5 Å². The van der Waals surface area contributed by atoms with E-state index in [1.54, 1.807) is 36.4 Å². The first-order chi connectivity index (χ1) is 14.6. The second-order valence-electron chi connectivity index (χ2n) is 7.18. The molecule has 30 heavy (non-hydrogen) atoms. The average molecular weight is 404 g/mol. The highest BCUT2D eigenvalue weighted by Crippen LogP contribution is 2.34. The van der Waals surface area contributed by atoms with E-state index in [0.29, 0.717) is 46.0 Å². The maximum Gasteiger partial charge on any atom is 0.255 e. The van der Waals surface area contributed by atoms with Crippen molar-refractivity contribution >= 4 is 16.8 Å². The van der Waals surface area contributed by atoms with Gasteiger partial charge < -0.3 is 9.42 Å². The van der Waals surface area contributed by atoms with Gasteiger partial charge in [-0.2, -0.15) is 4.98 Å². The smallest absolute Gasteiger partial charge is 0.255 e. The number of halogens is 1. The molecule has 4 aromatic rings. The van der Waals surface area contributed by atoms with Gasteiger partial charge in [0.15, 0.2) is 5.82 Å². The van der Waals surface area contributed by atoms with Crippen molar-refractivity contribution in [3.63, 3.8) is 0 Å². The molecule has 0 radical (unpaired) electrons. The number of rotatable bonds is 3. The minimum atomic E-state index is -0.421. The maximum absolute atomic E-state index is 13.9. The van der Waals surface area contributed by atoms with Crippen LogP contribution in [-0.2, 0) is 0 Å². The predicted octanol–water partition coefficient (Wildman–Crippen LogP) is 3.50. The van der Waals surface area contributed by atoms with Crippen molar-refractivity contribution in [2.24, 2.45) is 0 Å². The lowest BCUT2D eigenvalue weighted by Crippen LogP contribution is -2.31. The maximum atomic E-state index is 13.9. The molecular formula is C21H17FN6O2. The molecular weight excluding hydrogens is 387 g/mol. The van der Waals surface area contributed by atoms with Crippen molar-refractivity contribution < 1.29 is 13.7 Å². The molecule has 1 aliphatic rings. The fourth-order valence-corrected chi connectivity index (χ4v) is 3.83. The Bertz CT molecular complexity index is 1240. The summed E-state index contributed by atoms with van der Waals surface area (Å²) in [6, 6.07) is 5.65. The van der Waals surface area contributed by atoms with Crippen LogP contribution in [-0.4, -0.2) is 42.4 Å². The van der Waals surface area contributed by atoms with Gasteiger partial charge in [0.1, 0.15) is 18.2 Å². The lowest BCUT2D eigenvalue weighted by atomic mass is 10.0. The normalized spacial score (nSPS) is 16.3. The lowest BCUT2D eigenvalue weighted by molar-refractivity contribution is 0.0712. The summed E-state index contributed by atoms with van der Waals surface area (Å²) in [5.41, 5.74) is 1.97. The van der Waals surface area contributed by atoms with E-state index in [-0.39, 0.29) is 11.9 Å². The monoisotopic (exact) mass is 404 g/mol. The topological polar surface area (TPSA) is 97.9 Å². The minimum absolute atomic E-state index is 0.189. The van der Waals surface area contributed by atoms with Crippen molar-refractivity contribution in [2.45, 2.75) is 25.8 Å². The molecule has 0 saturated carbocycles. The molecule has 1 unspecified atom stereocenters. The summed E-state index contributed by atoms with van der Waals surface area (Å²) in [7, 11) is 0. The summed E-state index contributed by atoms with van der Waals surface area (Å²) in [5, 5.41) is 4.43. The van der Waals surface area contributed by atoms with E-state index in [4.69, 9.17) is 4.52 Å². The van der Waals surface area contributed by atoms with Crippen LogP contribution in [0.4, 0.5) is 4.39 Å². The molecule has 4 heterocycles. The van der Waals surface area contributed by atoms with Crippen LogP contribution >= 0.6 is 0 Å². The molecule has 1 aliphatic heterocycles. The SMILES string of the molecule is Cc1noc(C2CCCN2C(=O)c2cc(-c3cncnc3)nc3cc(F)ccc23)n1. The van der Waals surface area contributed by atoms with E-state index in [0.717, 1.165) is 12.8 Å².